The Labute approximate surface area is 109 Å². The number of nitrogens with one attached hydrogen (secondary N) is 1. The number of hydrogen-bond donors (Lipinski definition) is 2. The second kappa shape index (κ2) is 5.85. The molecule has 2 rings (SSSR count). The van der Waals surface area contributed by atoms with E-state index in [0.717, 1.165) is 18.7 Å². The Morgan fingerprint density at radius 3 is 2.83 bits per heavy atom. The lowest BCUT2D eigenvalue weighted by atomic mass is 10.0. The van der Waals surface area contributed by atoms with E-state index in [4.69, 9.17) is 0 Å². The number of aliphatic hydroxyl groups excluding tert-OH is 1. The van der Waals surface area contributed by atoms with Gasteiger partial charge in [0.1, 0.15) is 0 Å². The molecule has 0 saturated heterocycles. The molecule has 1 aliphatic rings. The predicted molar refractivity (Wildman–Crippen MR) is 72.4 cm³/mol. The monoisotopic (exact) mass is 251 g/mol. The van der Waals surface area contributed by atoms with Crippen LogP contribution in [-0.2, 0) is 6.54 Å². The quantitative estimate of drug-likeness (QED) is 0.815. The van der Waals surface area contributed by atoms with Gasteiger partial charge in [-0.2, -0.15) is 5.10 Å². The number of hydrogen-bond acceptors (Lipinski definition) is 3. The molecule has 18 heavy (non-hydrogen) atoms. The lowest BCUT2D eigenvalue weighted by molar-refractivity contribution is 0.168. The van der Waals surface area contributed by atoms with Crippen molar-refractivity contribution in [3.8, 4) is 0 Å². The van der Waals surface area contributed by atoms with Crippen LogP contribution in [0.3, 0.4) is 0 Å². The summed E-state index contributed by atoms with van der Waals surface area (Å²) in [6.45, 7) is 5.01. The predicted octanol–water partition coefficient (Wildman–Crippen LogP) is 2.25. The maximum absolute atomic E-state index is 9.35. The highest BCUT2D eigenvalue weighted by molar-refractivity contribution is 5.01. The molecule has 0 aliphatic heterocycles. The number of rotatable bonds is 6. The smallest absolute Gasteiger partial charge is 0.0762 e. The van der Waals surface area contributed by atoms with Crippen LogP contribution in [0.15, 0.2) is 12.3 Å². The molecule has 1 aromatic heterocycles. The fourth-order valence-electron chi connectivity index (χ4n) is 2.44. The molecule has 0 radical (unpaired) electrons. The van der Waals surface area contributed by atoms with Crippen molar-refractivity contribution < 1.29 is 5.11 Å². The van der Waals surface area contributed by atoms with Crippen LogP contribution in [0.4, 0.5) is 0 Å². The van der Waals surface area contributed by atoms with Crippen molar-refractivity contribution in [3.05, 3.63) is 18.0 Å². The highest BCUT2D eigenvalue weighted by atomic mass is 16.3. The fourth-order valence-corrected chi connectivity index (χ4v) is 2.44. The van der Waals surface area contributed by atoms with Crippen LogP contribution in [-0.4, -0.2) is 27.0 Å². The zero-order chi connectivity index (χ0) is 13.0. The van der Waals surface area contributed by atoms with Gasteiger partial charge in [0.25, 0.3) is 0 Å². The Morgan fingerprint density at radius 2 is 2.22 bits per heavy atom. The third kappa shape index (κ3) is 3.12. The Morgan fingerprint density at radius 1 is 1.50 bits per heavy atom. The molecule has 4 nitrogen and oxygen atoms in total. The lowest BCUT2D eigenvalue weighted by Gasteiger charge is -2.26. The van der Waals surface area contributed by atoms with E-state index in [1.165, 1.54) is 25.7 Å². The van der Waals surface area contributed by atoms with Crippen LogP contribution in [0, 0.1) is 0 Å². The Hall–Kier alpha value is -0.870. The summed E-state index contributed by atoms with van der Waals surface area (Å²) in [5.74, 6) is 0. The highest BCUT2D eigenvalue weighted by Crippen LogP contribution is 2.28. The summed E-state index contributed by atoms with van der Waals surface area (Å²) in [5, 5.41) is 17.4. The Balaban J connectivity index is 1.90. The van der Waals surface area contributed by atoms with Gasteiger partial charge in [-0.15, -0.1) is 0 Å². The van der Waals surface area contributed by atoms with Gasteiger partial charge >= 0.3 is 0 Å². The van der Waals surface area contributed by atoms with E-state index in [0.29, 0.717) is 6.04 Å². The van der Waals surface area contributed by atoms with Gasteiger partial charge in [0.15, 0.2) is 0 Å². The molecule has 1 atom stereocenters. The molecule has 0 aromatic carbocycles. The van der Waals surface area contributed by atoms with Crippen molar-refractivity contribution in [1.82, 2.24) is 15.1 Å². The van der Waals surface area contributed by atoms with E-state index in [9.17, 15) is 5.11 Å². The minimum Gasteiger partial charge on any atom is -0.394 e. The van der Waals surface area contributed by atoms with Gasteiger partial charge in [0, 0.05) is 18.3 Å². The zero-order valence-corrected chi connectivity index (χ0v) is 11.5. The van der Waals surface area contributed by atoms with Crippen LogP contribution in [0.2, 0.25) is 0 Å². The topological polar surface area (TPSA) is 50.1 Å². The first-order valence-electron chi connectivity index (χ1n) is 7.07. The van der Waals surface area contributed by atoms with Crippen LogP contribution < -0.4 is 5.32 Å². The second-order valence-corrected chi connectivity index (χ2v) is 5.65. The molecule has 1 saturated carbocycles. The average molecular weight is 251 g/mol. The molecular formula is C14H25N3O. The fraction of sp³-hybridized carbons (Fsp3) is 0.786. The van der Waals surface area contributed by atoms with Gasteiger partial charge in [-0.3, -0.25) is 4.68 Å². The molecule has 1 unspecified atom stereocenters. The van der Waals surface area contributed by atoms with Crippen molar-refractivity contribution in [2.24, 2.45) is 0 Å². The first-order valence-corrected chi connectivity index (χ1v) is 7.07. The van der Waals surface area contributed by atoms with Crippen LogP contribution in [0.25, 0.3) is 0 Å². The van der Waals surface area contributed by atoms with E-state index < -0.39 is 0 Å². The summed E-state index contributed by atoms with van der Waals surface area (Å²) >= 11 is 0. The van der Waals surface area contributed by atoms with Gasteiger partial charge in [0.2, 0.25) is 0 Å². The molecule has 0 bridgehead atoms. The molecule has 1 heterocycles. The minimum atomic E-state index is -0.197. The molecule has 2 N–H and O–H groups in total. The van der Waals surface area contributed by atoms with Crippen molar-refractivity contribution in [3.63, 3.8) is 0 Å². The standard InChI is InChI=1S/C14H25N3O/c1-3-14(2,11-18)15-10-12-8-9-17(16-12)13-6-4-5-7-13/h8-9,13,15,18H,3-7,10-11H2,1-2H3. The maximum Gasteiger partial charge on any atom is 0.0762 e. The van der Waals surface area contributed by atoms with Crippen molar-refractivity contribution in [2.75, 3.05) is 6.61 Å². The largest absolute Gasteiger partial charge is 0.394 e. The lowest BCUT2D eigenvalue weighted by Crippen LogP contribution is -2.44. The highest BCUT2D eigenvalue weighted by Gasteiger charge is 2.21. The first-order chi connectivity index (χ1) is 8.67. The second-order valence-electron chi connectivity index (χ2n) is 5.65. The SMILES string of the molecule is CCC(C)(CO)NCc1ccn(C2CCCC2)n1. The van der Waals surface area contributed by atoms with Gasteiger partial charge < -0.3 is 10.4 Å². The summed E-state index contributed by atoms with van der Waals surface area (Å²) in [5.41, 5.74) is 0.868. The average Bonchev–Trinajstić information content (AvgIpc) is 3.06. The molecule has 1 fully saturated rings. The molecule has 1 aromatic rings. The van der Waals surface area contributed by atoms with Crippen molar-refractivity contribution >= 4 is 0 Å². The van der Waals surface area contributed by atoms with Crippen LogP contribution in [0.1, 0.15) is 57.7 Å². The molecular weight excluding hydrogens is 226 g/mol. The van der Waals surface area contributed by atoms with E-state index in [1.54, 1.807) is 0 Å². The summed E-state index contributed by atoms with van der Waals surface area (Å²) in [6, 6.07) is 2.69. The van der Waals surface area contributed by atoms with E-state index in [1.807, 2.05) is 6.92 Å². The maximum atomic E-state index is 9.35. The van der Waals surface area contributed by atoms with E-state index in [-0.39, 0.29) is 12.1 Å². The van der Waals surface area contributed by atoms with Crippen LogP contribution >= 0.6 is 0 Å². The molecule has 1 aliphatic carbocycles. The molecule has 102 valence electrons. The summed E-state index contributed by atoms with van der Waals surface area (Å²) < 4.78 is 2.12. The van der Waals surface area contributed by atoms with Gasteiger partial charge in [0.05, 0.1) is 18.3 Å². The van der Waals surface area contributed by atoms with E-state index in [2.05, 4.69) is 34.3 Å². The Kier molecular flexibility index (Phi) is 4.40. The Bertz CT molecular complexity index is 365. The zero-order valence-electron chi connectivity index (χ0n) is 11.5. The van der Waals surface area contributed by atoms with Gasteiger partial charge in [-0.05, 0) is 32.3 Å². The first kappa shape index (κ1) is 13.6. The normalized spacial score (nSPS) is 20.2. The summed E-state index contributed by atoms with van der Waals surface area (Å²) in [7, 11) is 0. The number of nitrogens with zero attached hydrogens (tertiary/aromatic N) is 2. The van der Waals surface area contributed by atoms with Gasteiger partial charge in [-0.1, -0.05) is 19.8 Å². The molecule has 0 amide bonds. The third-order valence-electron chi connectivity index (χ3n) is 4.19. The van der Waals surface area contributed by atoms with Gasteiger partial charge in [-0.25, -0.2) is 0 Å². The minimum absolute atomic E-state index is 0.160. The van der Waals surface area contributed by atoms with Crippen molar-refractivity contribution in [1.29, 1.82) is 0 Å². The van der Waals surface area contributed by atoms with E-state index >= 15 is 0 Å². The van der Waals surface area contributed by atoms with Crippen LogP contribution in [0.5, 0.6) is 0 Å². The van der Waals surface area contributed by atoms with Crippen molar-refractivity contribution in [2.45, 2.75) is 64.1 Å². The summed E-state index contributed by atoms with van der Waals surface area (Å²) in [6.07, 6.45) is 8.19. The number of aliphatic hydroxyl groups is 1. The molecule has 4 heteroatoms. The number of aromatic nitrogens is 2. The summed E-state index contributed by atoms with van der Waals surface area (Å²) in [4.78, 5) is 0. The third-order valence-corrected chi connectivity index (χ3v) is 4.19. The molecule has 0 spiro atoms.